The second-order valence-electron chi connectivity index (χ2n) is 5.24. The number of esters is 2. The second kappa shape index (κ2) is 8.36. The standard InChI is InChI=1S/C18H22O5/c1-3-21-17(19)15-11-10-14(12-16(15)18(20)22-4-2)23-13-8-6-5-7-9-13/h5-10,15-16H,3-4,11-12H2,1-2H3. The third-order valence-electron chi connectivity index (χ3n) is 3.68. The van der Waals surface area contributed by atoms with E-state index in [1.165, 1.54) is 0 Å². The quantitative estimate of drug-likeness (QED) is 0.754. The molecule has 0 aliphatic heterocycles. The summed E-state index contributed by atoms with van der Waals surface area (Å²) < 4.78 is 16.0. The van der Waals surface area contributed by atoms with Gasteiger partial charge in [-0.25, -0.2) is 0 Å². The van der Waals surface area contributed by atoms with Crippen LogP contribution >= 0.6 is 0 Å². The second-order valence-corrected chi connectivity index (χ2v) is 5.24. The van der Waals surface area contributed by atoms with Gasteiger partial charge in [0.05, 0.1) is 25.0 Å². The number of hydrogen-bond acceptors (Lipinski definition) is 5. The summed E-state index contributed by atoms with van der Waals surface area (Å²) in [4.78, 5) is 24.3. The predicted molar refractivity (Wildman–Crippen MR) is 84.6 cm³/mol. The van der Waals surface area contributed by atoms with Crippen molar-refractivity contribution in [2.75, 3.05) is 13.2 Å². The topological polar surface area (TPSA) is 61.8 Å². The van der Waals surface area contributed by atoms with Crippen LogP contribution in [0.25, 0.3) is 0 Å². The van der Waals surface area contributed by atoms with Crippen molar-refractivity contribution < 1.29 is 23.8 Å². The molecule has 23 heavy (non-hydrogen) atoms. The number of para-hydroxylation sites is 1. The smallest absolute Gasteiger partial charge is 0.310 e. The first kappa shape index (κ1) is 17.1. The Hall–Kier alpha value is -2.30. The Kier molecular flexibility index (Phi) is 6.20. The maximum Gasteiger partial charge on any atom is 0.310 e. The summed E-state index contributed by atoms with van der Waals surface area (Å²) in [5.41, 5.74) is 0. The average molecular weight is 318 g/mol. The van der Waals surface area contributed by atoms with Gasteiger partial charge in [0, 0.05) is 6.42 Å². The molecule has 0 saturated heterocycles. The van der Waals surface area contributed by atoms with E-state index in [-0.39, 0.29) is 18.5 Å². The monoisotopic (exact) mass is 318 g/mol. The summed E-state index contributed by atoms with van der Waals surface area (Å²) in [6.07, 6.45) is 2.59. The highest BCUT2D eigenvalue weighted by Crippen LogP contribution is 2.33. The first-order chi connectivity index (χ1) is 11.2. The Balaban J connectivity index is 2.13. The van der Waals surface area contributed by atoms with Gasteiger partial charge in [-0.2, -0.15) is 0 Å². The largest absolute Gasteiger partial charge is 0.466 e. The van der Waals surface area contributed by atoms with E-state index >= 15 is 0 Å². The lowest BCUT2D eigenvalue weighted by Crippen LogP contribution is -2.35. The first-order valence-electron chi connectivity index (χ1n) is 7.90. The third-order valence-corrected chi connectivity index (χ3v) is 3.68. The van der Waals surface area contributed by atoms with Crippen molar-refractivity contribution in [3.8, 4) is 5.75 Å². The molecular formula is C18H22O5. The van der Waals surface area contributed by atoms with Crippen molar-refractivity contribution in [1.29, 1.82) is 0 Å². The molecule has 1 aromatic carbocycles. The Morgan fingerprint density at radius 2 is 1.61 bits per heavy atom. The molecule has 1 aliphatic carbocycles. The van der Waals surface area contributed by atoms with Crippen LogP contribution in [0.2, 0.25) is 0 Å². The van der Waals surface area contributed by atoms with E-state index in [1.807, 2.05) is 36.4 Å². The van der Waals surface area contributed by atoms with Crippen LogP contribution in [-0.4, -0.2) is 25.2 Å². The van der Waals surface area contributed by atoms with Crippen LogP contribution < -0.4 is 4.74 Å². The van der Waals surface area contributed by atoms with Gasteiger partial charge in [-0.15, -0.1) is 0 Å². The highest BCUT2D eigenvalue weighted by Gasteiger charge is 2.39. The van der Waals surface area contributed by atoms with E-state index in [4.69, 9.17) is 14.2 Å². The molecule has 0 radical (unpaired) electrons. The highest BCUT2D eigenvalue weighted by atomic mass is 16.5. The third kappa shape index (κ3) is 4.58. The van der Waals surface area contributed by atoms with Crippen LogP contribution in [0.1, 0.15) is 26.7 Å². The molecule has 2 atom stereocenters. The van der Waals surface area contributed by atoms with Gasteiger partial charge < -0.3 is 14.2 Å². The molecule has 0 spiro atoms. The minimum atomic E-state index is -0.572. The zero-order chi connectivity index (χ0) is 16.7. The summed E-state index contributed by atoms with van der Waals surface area (Å²) in [6, 6.07) is 9.35. The Morgan fingerprint density at radius 3 is 2.22 bits per heavy atom. The van der Waals surface area contributed by atoms with Crippen LogP contribution in [0.15, 0.2) is 42.2 Å². The number of rotatable bonds is 6. The molecule has 1 aliphatic rings. The Morgan fingerprint density at radius 1 is 1.00 bits per heavy atom. The number of benzene rings is 1. The number of ether oxygens (including phenoxy) is 3. The molecule has 0 aromatic heterocycles. The average Bonchev–Trinajstić information content (AvgIpc) is 2.56. The van der Waals surface area contributed by atoms with Gasteiger partial charge in [0.1, 0.15) is 11.5 Å². The zero-order valence-corrected chi connectivity index (χ0v) is 13.5. The number of allylic oxidation sites excluding steroid dienone is 2. The van der Waals surface area contributed by atoms with E-state index in [1.54, 1.807) is 13.8 Å². The van der Waals surface area contributed by atoms with Crippen LogP contribution in [-0.2, 0) is 19.1 Å². The summed E-state index contributed by atoms with van der Waals surface area (Å²) in [5.74, 6) is -0.450. The van der Waals surface area contributed by atoms with Gasteiger partial charge in [-0.05, 0) is 38.5 Å². The molecule has 0 saturated carbocycles. The van der Waals surface area contributed by atoms with Crippen molar-refractivity contribution in [2.24, 2.45) is 11.8 Å². The normalized spacial score (nSPS) is 20.3. The number of carbonyl (C=O) groups excluding carboxylic acids is 2. The fraction of sp³-hybridized carbons (Fsp3) is 0.444. The van der Waals surface area contributed by atoms with Gasteiger partial charge in [-0.3, -0.25) is 9.59 Å². The van der Waals surface area contributed by atoms with E-state index in [9.17, 15) is 9.59 Å². The van der Waals surface area contributed by atoms with Crippen LogP contribution in [0.4, 0.5) is 0 Å². The van der Waals surface area contributed by atoms with Gasteiger partial charge in [0.2, 0.25) is 0 Å². The van der Waals surface area contributed by atoms with Gasteiger partial charge in [0.25, 0.3) is 0 Å². The number of carbonyl (C=O) groups is 2. The van der Waals surface area contributed by atoms with Crippen molar-refractivity contribution in [3.05, 3.63) is 42.2 Å². The van der Waals surface area contributed by atoms with Crippen LogP contribution in [0, 0.1) is 11.8 Å². The fourth-order valence-corrected chi connectivity index (χ4v) is 2.59. The van der Waals surface area contributed by atoms with E-state index in [2.05, 4.69) is 0 Å². The summed E-state index contributed by atoms with van der Waals surface area (Å²) >= 11 is 0. The minimum absolute atomic E-state index is 0.281. The maximum absolute atomic E-state index is 12.2. The molecular weight excluding hydrogens is 296 g/mol. The molecule has 0 bridgehead atoms. The van der Waals surface area contributed by atoms with Gasteiger partial charge >= 0.3 is 11.9 Å². The van der Waals surface area contributed by atoms with Gasteiger partial charge in [-0.1, -0.05) is 18.2 Å². The molecule has 0 fully saturated rings. The highest BCUT2D eigenvalue weighted by molar-refractivity contribution is 5.83. The minimum Gasteiger partial charge on any atom is -0.466 e. The van der Waals surface area contributed by atoms with E-state index in [0.717, 1.165) is 0 Å². The van der Waals surface area contributed by atoms with Crippen LogP contribution in [0.3, 0.4) is 0 Å². The van der Waals surface area contributed by atoms with Crippen molar-refractivity contribution in [1.82, 2.24) is 0 Å². The van der Waals surface area contributed by atoms with Crippen molar-refractivity contribution in [3.63, 3.8) is 0 Å². The molecule has 5 heteroatoms. The first-order valence-corrected chi connectivity index (χ1v) is 7.90. The molecule has 2 rings (SSSR count). The molecule has 1 aromatic rings. The molecule has 5 nitrogen and oxygen atoms in total. The summed E-state index contributed by atoms with van der Waals surface area (Å²) in [6.45, 7) is 4.07. The molecule has 124 valence electrons. The predicted octanol–water partition coefficient (Wildman–Crippen LogP) is 3.10. The SMILES string of the molecule is CCOC(=O)C1CC=C(Oc2ccccc2)CC1C(=O)OCC. The molecule has 0 N–H and O–H groups in total. The van der Waals surface area contributed by atoms with Gasteiger partial charge in [0.15, 0.2) is 0 Å². The van der Waals surface area contributed by atoms with E-state index in [0.29, 0.717) is 31.0 Å². The van der Waals surface area contributed by atoms with Crippen molar-refractivity contribution >= 4 is 11.9 Å². The fourth-order valence-electron chi connectivity index (χ4n) is 2.59. The zero-order valence-electron chi connectivity index (χ0n) is 13.5. The Labute approximate surface area is 136 Å². The molecule has 0 heterocycles. The summed E-state index contributed by atoms with van der Waals surface area (Å²) in [7, 11) is 0. The Bertz CT molecular complexity index is 564. The van der Waals surface area contributed by atoms with Crippen molar-refractivity contribution in [2.45, 2.75) is 26.7 Å². The molecule has 0 amide bonds. The van der Waals surface area contributed by atoms with E-state index < -0.39 is 11.8 Å². The lowest BCUT2D eigenvalue weighted by atomic mass is 9.82. The maximum atomic E-state index is 12.2. The lowest BCUT2D eigenvalue weighted by Gasteiger charge is -2.28. The lowest BCUT2D eigenvalue weighted by molar-refractivity contribution is -0.160. The summed E-state index contributed by atoms with van der Waals surface area (Å²) in [5, 5.41) is 0. The van der Waals surface area contributed by atoms with Crippen LogP contribution in [0.5, 0.6) is 5.75 Å². The number of hydrogen-bond donors (Lipinski definition) is 0. The molecule has 2 unspecified atom stereocenters.